The number of aryl methyl sites for hydroxylation is 1. The van der Waals surface area contributed by atoms with Gasteiger partial charge in [0.2, 0.25) is 5.91 Å². The van der Waals surface area contributed by atoms with Crippen molar-refractivity contribution in [1.29, 1.82) is 0 Å². The van der Waals surface area contributed by atoms with Crippen LogP contribution in [0, 0.1) is 5.92 Å². The lowest BCUT2D eigenvalue weighted by Crippen LogP contribution is -2.57. The Morgan fingerprint density at radius 3 is 2.39 bits per heavy atom. The fraction of sp³-hybridized carbons (Fsp3) is 0.486. The molecule has 9 nitrogen and oxygen atoms in total. The first-order chi connectivity index (χ1) is 22.3. The van der Waals surface area contributed by atoms with Gasteiger partial charge in [0.25, 0.3) is 0 Å². The number of nitrogens with two attached hydrogens (primary N) is 1. The summed E-state index contributed by atoms with van der Waals surface area (Å²) in [6.07, 6.45) is 0.618. The van der Waals surface area contributed by atoms with E-state index in [1.54, 1.807) is 12.0 Å². The van der Waals surface area contributed by atoms with Gasteiger partial charge in [0, 0.05) is 39.3 Å². The molecule has 2 aliphatic heterocycles. The molecule has 46 heavy (non-hydrogen) atoms. The van der Waals surface area contributed by atoms with Gasteiger partial charge in [-0.15, -0.1) is 0 Å². The molecule has 1 amide bonds. The van der Waals surface area contributed by atoms with E-state index in [-0.39, 0.29) is 24.3 Å². The van der Waals surface area contributed by atoms with Gasteiger partial charge in [-0.25, -0.2) is 0 Å². The Bertz CT molecular complexity index is 1410. The fourth-order valence-corrected chi connectivity index (χ4v) is 6.19. The molecule has 2 aliphatic rings. The molecule has 1 fully saturated rings. The van der Waals surface area contributed by atoms with Crippen LogP contribution in [-0.2, 0) is 27.3 Å². The monoisotopic (exact) mass is 631 g/mol. The molecule has 0 aliphatic carbocycles. The number of piperidine rings is 1. The smallest absolute Gasteiger partial charge is 0.239 e. The predicted octanol–water partition coefficient (Wildman–Crippen LogP) is 5.13. The van der Waals surface area contributed by atoms with Crippen molar-refractivity contribution < 1.29 is 28.8 Å². The van der Waals surface area contributed by atoms with Gasteiger partial charge in [-0.3, -0.25) is 4.79 Å². The quantitative estimate of drug-likeness (QED) is 0.250. The highest BCUT2D eigenvalue weighted by Crippen LogP contribution is 2.36. The SMILES string of the molecule is CCc1ccc(Oc2ccc([C@H]3[C@H](O)CN(C(=O)[C@@H](N)C(C)C)C[C@@H]3OCc3ccc4c(c3)N(CCCOC)CCO4)cc2)cc1. The van der Waals surface area contributed by atoms with E-state index in [1.807, 2.05) is 62.4 Å². The third-order valence-electron chi connectivity index (χ3n) is 8.99. The van der Waals surface area contributed by atoms with E-state index >= 15 is 0 Å². The molecule has 0 radical (unpaired) electrons. The first-order valence-electron chi connectivity index (χ1n) is 16.5. The van der Waals surface area contributed by atoms with Crippen molar-refractivity contribution in [2.75, 3.05) is 51.4 Å². The number of β-amino-alcohol motifs (C(OH)–C–C–N with tert-alkyl or cyclic N) is 1. The number of fused-ring (bicyclic) bond motifs is 1. The minimum absolute atomic E-state index is 0.0167. The van der Waals surface area contributed by atoms with Crippen LogP contribution in [0.15, 0.2) is 66.7 Å². The molecule has 3 N–H and O–H groups in total. The molecule has 0 spiro atoms. The normalized spacial score (nSPS) is 20.3. The summed E-state index contributed by atoms with van der Waals surface area (Å²) in [4.78, 5) is 17.3. The molecule has 0 aromatic heterocycles. The Kier molecular flexibility index (Phi) is 11.6. The standard InChI is InChI=1S/C37H49N3O6/c1-5-26-7-12-29(13-8-26)46-30-14-10-28(11-15-30)35-32(41)22-40(37(42)36(38)25(2)3)23-34(35)45-24-27-9-16-33-31(21-27)39(18-20-44-33)17-6-19-43-4/h7-16,21,25,32,34-36,41H,5-6,17-20,22-24,38H2,1-4H3/t32-,34+,35+,36+/m1/s1. The number of carbonyl (C=O) groups excluding carboxylic acids is 1. The molecule has 5 rings (SSSR count). The summed E-state index contributed by atoms with van der Waals surface area (Å²) >= 11 is 0. The Hall–Kier alpha value is -3.63. The number of methoxy groups -OCH3 is 1. The molecule has 1 saturated heterocycles. The number of anilines is 1. The van der Waals surface area contributed by atoms with Crippen LogP contribution < -0.4 is 20.1 Å². The molecule has 248 valence electrons. The van der Waals surface area contributed by atoms with E-state index in [4.69, 9.17) is 24.7 Å². The number of aliphatic hydroxyl groups excluding tert-OH is 1. The largest absolute Gasteiger partial charge is 0.490 e. The van der Waals surface area contributed by atoms with Crippen molar-refractivity contribution in [3.05, 3.63) is 83.4 Å². The molecule has 3 aromatic rings. The number of nitrogens with zero attached hydrogens (tertiary/aromatic N) is 2. The number of rotatable bonds is 13. The highest BCUT2D eigenvalue weighted by Gasteiger charge is 2.40. The van der Waals surface area contributed by atoms with Gasteiger partial charge in [0.15, 0.2) is 0 Å². The molecular formula is C37H49N3O6. The van der Waals surface area contributed by atoms with Gasteiger partial charge in [-0.2, -0.15) is 0 Å². The Labute approximate surface area is 273 Å². The van der Waals surface area contributed by atoms with E-state index < -0.39 is 18.2 Å². The zero-order valence-corrected chi connectivity index (χ0v) is 27.6. The number of hydrogen-bond donors (Lipinski definition) is 2. The van der Waals surface area contributed by atoms with Crippen LogP contribution in [0.4, 0.5) is 5.69 Å². The highest BCUT2D eigenvalue weighted by atomic mass is 16.5. The lowest BCUT2D eigenvalue weighted by atomic mass is 9.84. The lowest BCUT2D eigenvalue weighted by molar-refractivity contribution is -0.144. The van der Waals surface area contributed by atoms with Crippen LogP contribution in [0.2, 0.25) is 0 Å². The zero-order chi connectivity index (χ0) is 32.6. The summed E-state index contributed by atoms with van der Waals surface area (Å²) < 4.78 is 23.9. The Morgan fingerprint density at radius 1 is 1.02 bits per heavy atom. The van der Waals surface area contributed by atoms with Gasteiger partial charge in [-0.05, 0) is 71.8 Å². The first-order valence-corrected chi connectivity index (χ1v) is 16.5. The van der Waals surface area contributed by atoms with Gasteiger partial charge in [0.1, 0.15) is 23.9 Å². The molecule has 2 heterocycles. The van der Waals surface area contributed by atoms with E-state index in [0.717, 1.165) is 54.2 Å². The molecule has 0 unspecified atom stereocenters. The molecule has 4 atom stereocenters. The average Bonchev–Trinajstić information content (AvgIpc) is 3.07. The van der Waals surface area contributed by atoms with Crippen LogP contribution in [0.5, 0.6) is 17.2 Å². The number of carbonyl (C=O) groups is 1. The van der Waals surface area contributed by atoms with Crippen LogP contribution >= 0.6 is 0 Å². The molecule has 9 heteroatoms. The van der Waals surface area contributed by atoms with Crippen LogP contribution in [-0.4, -0.2) is 80.7 Å². The van der Waals surface area contributed by atoms with Crippen LogP contribution in [0.3, 0.4) is 0 Å². The predicted molar refractivity (Wildman–Crippen MR) is 180 cm³/mol. The van der Waals surface area contributed by atoms with Crippen molar-refractivity contribution in [3.63, 3.8) is 0 Å². The van der Waals surface area contributed by atoms with Crippen LogP contribution in [0.25, 0.3) is 0 Å². The summed E-state index contributed by atoms with van der Waals surface area (Å²) in [6, 6.07) is 21.4. The maximum Gasteiger partial charge on any atom is 0.239 e. The topological polar surface area (TPSA) is 107 Å². The van der Waals surface area contributed by atoms with Crippen molar-refractivity contribution in [3.8, 4) is 17.2 Å². The summed E-state index contributed by atoms with van der Waals surface area (Å²) in [5.41, 5.74) is 10.5. The van der Waals surface area contributed by atoms with Crippen molar-refractivity contribution >= 4 is 11.6 Å². The van der Waals surface area contributed by atoms with E-state index in [9.17, 15) is 9.90 Å². The summed E-state index contributed by atoms with van der Waals surface area (Å²) in [5, 5.41) is 11.5. The Morgan fingerprint density at radius 2 is 1.72 bits per heavy atom. The van der Waals surface area contributed by atoms with E-state index in [0.29, 0.717) is 32.1 Å². The minimum atomic E-state index is -0.830. The second-order valence-electron chi connectivity index (χ2n) is 12.6. The van der Waals surface area contributed by atoms with Crippen molar-refractivity contribution in [2.24, 2.45) is 11.7 Å². The Balaban J connectivity index is 1.34. The maximum atomic E-state index is 13.3. The van der Waals surface area contributed by atoms with Crippen molar-refractivity contribution in [1.82, 2.24) is 4.90 Å². The minimum Gasteiger partial charge on any atom is -0.490 e. The van der Waals surface area contributed by atoms with E-state index in [1.165, 1.54) is 5.56 Å². The third kappa shape index (κ3) is 8.20. The van der Waals surface area contributed by atoms with Gasteiger partial charge in [-0.1, -0.05) is 51.1 Å². The molecule has 3 aromatic carbocycles. The van der Waals surface area contributed by atoms with E-state index in [2.05, 4.69) is 30.0 Å². The summed E-state index contributed by atoms with van der Waals surface area (Å²) in [7, 11) is 1.72. The number of ether oxygens (including phenoxy) is 4. The number of aliphatic hydroxyl groups is 1. The maximum absolute atomic E-state index is 13.3. The zero-order valence-electron chi connectivity index (χ0n) is 27.6. The fourth-order valence-electron chi connectivity index (χ4n) is 6.19. The highest BCUT2D eigenvalue weighted by molar-refractivity contribution is 5.82. The summed E-state index contributed by atoms with van der Waals surface area (Å²) in [5.74, 6) is 1.81. The van der Waals surface area contributed by atoms with Crippen molar-refractivity contribution in [2.45, 2.75) is 64.4 Å². The first kappa shape index (κ1) is 33.7. The molecule has 0 bridgehead atoms. The number of benzene rings is 3. The number of hydrogen-bond acceptors (Lipinski definition) is 8. The second-order valence-corrected chi connectivity index (χ2v) is 12.6. The average molecular weight is 632 g/mol. The number of amides is 1. The third-order valence-corrected chi connectivity index (χ3v) is 8.99. The molecule has 0 saturated carbocycles. The van der Waals surface area contributed by atoms with Gasteiger partial charge in [0.05, 0.1) is 37.1 Å². The van der Waals surface area contributed by atoms with Gasteiger partial charge < -0.3 is 39.6 Å². The van der Waals surface area contributed by atoms with Gasteiger partial charge >= 0.3 is 0 Å². The van der Waals surface area contributed by atoms with Crippen LogP contribution in [0.1, 0.15) is 49.8 Å². The summed E-state index contributed by atoms with van der Waals surface area (Å²) in [6.45, 7) is 9.88. The second kappa shape index (κ2) is 15.8. The number of likely N-dealkylation sites (tertiary alicyclic amines) is 1. The lowest BCUT2D eigenvalue weighted by Gasteiger charge is -2.43. The molecular weight excluding hydrogens is 582 g/mol.